The number of carbonyl (C=O) groups is 1. The van der Waals surface area contributed by atoms with E-state index in [-0.39, 0.29) is 0 Å². The van der Waals surface area contributed by atoms with Gasteiger partial charge in [-0.15, -0.1) is 11.3 Å². The third kappa shape index (κ3) is 2.17. The van der Waals surface area contributed by atoms with Crippen LogP contribution in [-0.4, -0.2) is 29.9 Å². The number of ether oxygens (including phenoxy) is 2. The Bertz CT molecular complexity index is 820. The molecule has 108 valence electrons. The van der Waals surface area contributed by atoms with Crippen molar-refractivity contribution < 1.29 is 14.3 Å². The first-order valence-corrected chi connectivity index (χ1v) is 7.15. The van der Waals surface area contributed by atoms with Gasteiger partial charge < -0.3 is 9.47 Å². The molecule has 0 saturated heterocycles. The van der Waals surface area contributed by atoms with Crippen molar-refractivity contribution in [2.75, 3.05) is 14.2 Å². The van der Waals surface area contributed by atoms with Crippen molar-refractivity contribution in [1.29, 1.82) is 0 Å². The molecule has 0 aliphatic rings. The van der Waals surface area contributed by atoms with E-state index < -0.39 is 0 Å². The Morgan fingerprint density at radius 1 is 1.24 bits per heavy atom. The highest BCUT2D eigenvalue weighted by Gasteiger charge is 2.15. The van der Waals surface area contributed by atoms with E-state index in [9.17, 15) is 4.79 Å². The smallest absolute Gasteiger partial charge is 0.195 e. The molecular weight excluding hydrogens is 288 g/mol. The number of nitrogens with zero attached hydrogens (tertiary/aromatic N) is 2. The van der Waals surface area contributed by atoms with Crippen LogP contribution < -0.4 is 9.47 Å². The van der Waals surface area contributed by atoms with Crippen molar-refractivity contribution in [3.05, 3.63) is 35.0 Å². The Morgan fingerprint density at radius 3 is 2.67 bits per heavy atom. The molecule has 0 atom stereocenters. The van der Waals surface area contributed by atoms with E-state index >= 15 is 0 Å². The molecule has 0 saturated carbocycles. The fraction of sp³-hybridized carbons (Fsp3) is 0.200. The molecule has 0 amide bonds. The van der Waals surface area contributed by atoms with Gasteiger partial charge in [-0.2, -0.15) is 0 Å². The summed E-state index contributed by atoms with van der Waals surface area (Å²) in [5.74, 6) is 1.36. The van der Waals surface area contributed by atoms with Gasteiger partial charge in [0, 0.05) is 16.6 Å². The summed E-state index contributed by atoms with van der Waals surface area (Å²) in [4.78, 5) is 17.1. The first-order valence-electron chi connectivity index (χ1n) is 6.34. The Balaban J connectivity index is 2.21. The molecule has 0 unspecified atom stereocenters. The summed E-state index contributed by atoms with van der Waals surface area (Å²) in [5, 5.41) is 0. The van der Waals surface area contributed by atoms with E-state index in [1.165, 1.54) is 0 Å². The number of benzene rings is 1. The second-order valence-electron chi connectivity index (χ2n) is 4.51. The molecule has 0 fully saturated rings. The second kappa shape index (κ2) is 5.21. The van der Waals surface area contributed by atoms with E-state index in [2.05, 4.69) is 4.98 Å². The van der Waals surface area contributed by atoms with Crippen molar-refractivity contribution in [2.45, 2.75) is 6.92 Å². The van der Waals surface area contributed by atoms with E-state index in [0.717, 1.165) is 27.4 Å². The quantitative estimate of drug-likeness (QED) is 0.694. The summed E-state index contributed by atoms with van der Waals surface area (Å²) in [7, 11) is 3.22. The number of aromatic nitrogens is 2. The number of aryl methyl sites for hydroxylation is 1. The van der Waals surface area contributed by atoms with E-state index in [1.807, 2.05) is 29.5 Å². The summed E-state index contributed by atoms with van der Waals surface area (Å²) < 4.78 is 12.5. The minimum atomic E-state index is 0.433. The monoisotopic (exact) mass is 302 g/mol. The molecule has 21 heavy (non-hydrogen) atoms. The molecule has 6 heteroatoms. The average molecular weight is 302 g/mol. The van der Waals surface area contributed by atoms with Gasteiger partial charge in [-0.25, -0.2) is 4.98 Å². The lowest BCUT2D eigenvalue weighted by Gasteiger charge is -2.09. The zero-order valence-corrected chi connectivity index (χ0v) is 12.7. The maximum absolute atomic E-state index is 10.9. The molecule has 0 aliphatic heterocycles. The fourth-order valence-corrected chi connectivity index (χ4v) is 3.33. The molecule has 0 spiro atoms. The van der Waals surface area contributed by atoms with Gasteiger partial charge in [-0.05, 0) is 25.1 Å². The number of methoxy groups -OCH3 is 2. The van der Waals surface area contributed by atoms with Crippen LogP contribution in [-0.2, 0) is 0 Å². The number of hydrogen-bond acceptors (Lipinski definition) is 5. The maximum Gasteiger partial charge on any atom is 0.195 e. The van der Waals surface area contributed by atoms with Crippen molar-refractivity contribution in [3.63, 3.8) is 0 Å². The number of hydrogen-bond donors (Lipinski definition) is 0. The minimum absolute atomic E-state index is 0.433. The highest BCUT2D eigenvalue weighted by Crippen LogP contribution is 2.36. The molecular formula is C15H14N2O3S. The minimum Gasteiger partial charge on any atom is -0.493 e. The van der Waals surface area contributed by atoms with Gasteiger partial charge in [0.05, 0.1) is 19.9 Å². The van der Waals surface area contributed by atoms with Crippen LogP contribution in [0, 0.1) is 6.92 Å². The van der Waals surface area contributed by atoms with Crippen molar-refractivity contribution in [3.8, 4) is 22.8 Å². The summed E-state index contributed by atoms with van der Waals surface area (Å²) in [6.45, 7) is 2.03. The Kier molecular flexibility index (Phi) is 3.39. The maximum atomic E-state index is 10.9. The molecule has 3 aromatic rings. The van der Waals surface area contributed by atoms with Gasteiger partial charge in [0.15, 0.2) is 22.7 Å². The number of carbonyl (C=O) groups excluding carboxylic acids is 1. The van der Waals surface area contributed by atoms with Crippen LogP contribution in [0.25, 0.3) is 16.2 Å². The molecule has 1 aromatic carbocycles. The summed E-state index contributed by atoms with van der Waals surface area (Å²) >= 11 is 1.55. The Hall–Kier alpha value is -2.34. The van der Waals surface area contributed by atoms with Gasteiger partial charge in [-0.3, -0.25) is 9.20 Å². The van der Waals surface area contributed by atoms with E-state index in [0.29, 0.717) is 17.2 Å². The highest BCUT2D eigenvalue weighted by atomic mass is 32.1. The highest BCUT2D eigenvalue weighted by molar-refractivity contribution is 7.17. The summed E-state index contributed by atoms with van der Waals surface area (Å²) in [6, 6.07) is 5.76. The Labute approximate surface area is 125 Å². The van der Waals surface area contributed by atoms with E-state index in [4.69, 9.17) is 9.47 Å². The van der Waals surface area contributed by atoms with Crippen LogP contribution >= 0.6 is 11.3 Å². The third-order valence-electron chi connectivity index (χ3n) is 3.29. The average Bonchev–Trinajstić information content (AvgIpc) is 3.02. The van der Waals surface area contributed by atoms with Crippen LogP contribution in [0.4, 0.5) is 0 Å². The third-order valence-corrected chi connectivity index (χ3v) is 4.26. The van der Waals surface area contributed by atoms with Crippen molar-refractivity contribution in [2.24, 2.45) is 0 Å². The normalized spacial score (nSPS) is 10.8. The molecule has 2 heterocycles. The Morgan fingerprint density at radius 2 is 2.00 bits per heavy atom. The largest absolute Gasteiger partial charge is 0.493 e. The predicted molar refractivity (Wildman–Crippen MR) is 81.7 cm³/mol. The number of aldehydes is 1. The molecule has 0 aliphatic carbocycles. The summed E-state index contributed by atoms with van der Waals surface area (Å²) in [5.41, 5.74) is 2.44. The van der Waals surface area contributed by atoms with Crippen LogP contribution in [0.5, 0.6) is 11.5 Å². The van der Waals surface area contributed by atoms with Crippen LogP contribution in [0.2, 0.25) is 0 Å². The number of imidazole rings is 1. The van der Waals surface area contributed by atoms with Gasteiger partial charge in [0.25, 0.3) is 0 Å². The molecule has 5 nitrogen and oxygen atoms in total. The predicted octanol–water partition coefficient (Wildman–Crippen LogP) is 3.20. The topological polar surface area (TPSA) is 52.8 Å². The molecule has 0 N–H and O–H groups in total. The van der Waals surface area contributed by atoms with Crippen LogP contribution in [0.15, 0.2) is 24.4 Å². The second-order valence-corrected chi connectivity index (χ2v) is 5.69. The molecule has 2 aromatic heterocycles. The van der Waals surface area contributed by atoms with Gasteiger partial charge in [0.1, 0.15) is 5.69 Å². The molecule has 0 radical (unpaired) electrons. The van der Waals surface area contributed by atoms with Gasteiger partial charge in [0.2, 0.25) is 0 Å². The molecule has 3 rings (SSSR count). The van der Waals surface area contributed by atoms with Crippen LogP contribution in [0.1, 0.15) is 15.4 Å². The zero-order chi connectivity index (χ0) is 15.0. The number of rotatable bonds is 4. The lowest BCUT2D eigenvalue weighted by molar-refractivity contribution is 0.111. The van der Waals surface area contributed by atoms with Gasteiger partial charge in [-0.1, -0.05) is 0 Å². The van der Waals surface area contributed by atoms with Gasteiger partial charge >= 0.3 is 0 Å². The fourth-order valence-electron chi connectivity index (χ4n) is 2.35. The standard InChI is InChI=1S/C15H14N2O3S/c1-9-14(17-7-11(8-18)16-15(17)21-9)10-4-5-12(19-2)13(6-10)20-3/h4-8H,1-3H3. The molecule has 0 bridgehead atoms. The first kappa shape index (κ1) is 13.6. The van der Waals surface area contributed by atoms with Crippen LogP contribution in [0.3, 0.4) is 0 Å². The SMILES string of the molecule is COc1ccc(-c2c(C)sc3nc(C=O)cn23)cc1OC. The number of fused-ring (bicyclic) bond motifs is 1. The van der Waals surface area contributed by atoms with E-state index in [1.54, 1.807) is 31.8 Å². The number of thiazole rings is 1. The van der Waals surface area contributed by atoms with Crippen molar-refractivity contribution in [1.82, 2.24) is 9.38 Å². The first-order chi connectivity index (χ1) is 10.2. The zero-order valence-electron chi connectivity index (χ0n) is 11.9. The lowest BCUT2D eigenvalue weighted by atomic mass is 10.1. The lowest BCUT2D eigenvalue weighted by Crippen LogP contribution is -1.92. The van der Waals surface area contributed by atoms with Crippen molar-refractivity contribution >= 4 is 22.6 Å². The summed E-state index contributed by atoms with van der Waals surface area (Å²) in [6.07, 6.45) is 2.51.